The van der Waals surface area contributed by atoms with Gasteiger partial charge in [0.15, 0.2) is 5.78 Å². The normalized spacial score (nSPS) is 15.0. The first-order valence-corrected chi connectivity index (χ1v) is 7.96. The van der Waals surface area contributed by atoms with E-state index in [9.17, 15) is 19.2 Å². The standard InChI is InChI=1S/C15H25N5O4/c16-9-12(21)11(19-10-17)3-1-2-7-18-13(22)6-8-20-14(23)4-5-15(20)24/h4-5,11,19H,1-3,6-10,16-17H2,(H,18,22). The maximum Gasteiger partial charge on any atom is 0.253 e. The van der Waals surface area contributed by atoms with Gasteiger partial charge in [0.25, 0.3) is 11.8 Å². The van der Waals surface area contributed by atoms with Crippen molar-refractivity contribution in [1.29, 1.82) is 0 Å². The summed E-state index contributed by atoms with van der Waals surface area (Å²) in [5, 5.41) is 5.60. The highest BCUT2D eigenvalue weighted by molar-refractivity contribution is 6.13. The highest BCUT2D eigenvalue weighted by Crippen LogP contribution is 2.04. The molecule has 1 aliphatic rings. The van der Waals surface area contributed by atoms with Gasteiger partial charge in [-0.3, -0.25) is 29.4 Å². The monoisotopic (exact) mass is 339 g/mol. The van der Waals surface area contributed by atoms with E-state index in [2.05, 4.69) is 10.6 Å². The molecule has 1 atom stereocenters. The van der Waals surface area contributed by atoms with E-state index >= 15 is 0 Å². The third-order valence-electron chi connectivity index (χ3n) is 3.66. The van der Waals surface area contributed by atoms with E-state index in [1.165, 1.54) is 12.2 Å². The van der Waals surface area contributed by atoms with Crippen LogP contribution in [0.5, 0.6) is 0 Å². The summed E-state index contributed by atoms with van der Waals surface area (Å²) in [5.74, 6) is -1.10. The summed E-state index contributed by atoms with van der Waals surface area (Å²) in [6.45, 7) is 0.711. The number of carbonyl (C=O) groups is 4. The summed E-state index contributed by atoms with van der Waals surface area (Å²) in [5.41, 5.74) is 10.7. The molecule has 24 heavy (non-hydrogen) atoms. The van der Waals surface area contributed by atoms with Gasteiger partial charge in [-0.1, -0.05) is 0 Å². The van der Waals surface area contributed by atoms with Crippen molar-refractivity contribution in [2.45, 2.75) is 31.7 Å². The number of hydrogen-bond donors (Lipinski definition) is 4. The molecular weight excluding hydrogens is 314 g/mol. The van der Waals surface area contributed by atoms with Crippen molar-refractivity contribution in [2.24, 2.45) is 11.5 Å². The molecule has 0 fully saturated rings. The zero-order chi connectivity index (χ0) is 17.9. The molecule has 0 saturated heterocycles. The molecule has 0 radical (unpaired) electrons. The minimum atomic E-state index is -0.393. The van der Waals surface area contributed by atoms with Gasteiger partial charge >= 0.3 is 0 Å². The second-order valence-corrected chi connectivity index (χ2v) is 5.39. The molecule has 0 spiro atoms. The Balaban J connectivity index is 2.14. The summed E-state index contributed by atoms with van der Waals surface area (Å²) >= 11 is 0. The topological polar surface area (TPSA) is 148 Å². The molecule has 0 aromatic carbocycles. The first kappa shape index (κ1) is 19.9. The van der Waals surface area contributed by atoms with Gasteiger partial charge in [0.1, 0.15) is 0 Å². The van der Waals surface area contributed by atoms with Gasteiger partial charge in [0.05, 0.1) is 12.6 Å². The highest BCUT2D eigenvalue weighted by Gasteiger charge is 2.23. The molecular formula is C15H25N5O4. The van der Waals surface area contributed by atoms with Crippen LogP contribution in [0.1, 0.15) is 25.7 Å². The number of nitrogens with zero attached hydrogens (tertiary/aromatic N) is 1. The highest BCUT2D eigenvalue weighted by atomic mass is 16.2. The Morgan fingerprint density at radius 2 is 1.79 bits per heavy atom. The smallest absolute Gasteiger partial charge is 0.253 e. The fraction of sp³-hybridized carbons (Fsp3) is 0.600. The van der Waals surface area contributed by atoms with Crippen LogP contribution in [0.4, 0.5) is 0 Å². The maximum absolute atomic E-state index is 11.7. The number of Topliss-reactive ketones (excluding diaryl/α,β-unsaturated/α-hetero) is 1. The lowest BCUT2D eigenvalue weighted by Gasteiger charge is -2.15. The van der Waals surface area contributed by atoms with Crippen LogP contribution in [0.2, 0.25) is 0 Å². The first-order chi connectivity index (χ1) is 11.5. The number of amides is 3. The van der Waals surface area contributed by atoms with Gasteiger partial charge in [-0.15, -0.1) is 0 Å². The zero-order valence-corrected chi connectivity index (χ0v) is 13.6. The van der Waals surface area contributed by atoms with Crippen LogP contribution >= 0.6 is 0 Å². The first-order valence-electron chi connectivity index (χ1n) is 7.96. The predicted octanol–water partition coefficient (Wildman–Crippen LogP) is -2.01. The lowest BCUT2D eigenvalue weighted by molar-refractivity contribution is -0.137. The minimum Gasteiger partial charge on any atom is -0.356 e. The third kappa shape index (κ3) is 6.57. The van der Waals surface area contributed by atoms with Crippen LogP contribution in [0, 0.1) is 0 Å². The van der Waals surface area contributed by atoms with Crippen molar-refractivity contribution in [3.05, 3.63) is 12.2 Å². The predicted molar refractivity (Wildman–Crippen MR) is 87.4 cm³/mol. The molecule has 134 valence electrons. The minimum absolute atomic E-state index is 0.0306. The summed E-state index contributed by atoms with van der Waals surface area (Å²) < 4.78 is 0. The van der Waals surface area contributed by atoms with Crippen molar-refractivity contribution in [1.82, 2.24) is 15.5 Å². The number of hydrogen-bond acceptors (Lipinski definition) is 7. The SMILES string of the molecule is NCNC(CCCCNC(=O)CCN1C(=O)C=CC1=O)C(=O)CN. The lowest BCUT2D eigenvalue weighted by atomic mass is 10.1. The third-order valence-corrected chi connectivity index (χ3v) is 3.66. The number of unbranched alkanes of at least 4 members (excludes halogenated alkanes) is 1. The number of imide groups is 1. The van der Waals surface area contributed by atoms with Gasteiger partial charge in [0, 0.05) is 38.3 Å². The van der Waals surface area contributed by atoms with Crippen LogP contribution in [0.15, 0.2) is 12.2 Å². The molecule has 1 unspecified atom stereocenters. The maximum atomic E-state index is 11.7. The van der Waals surface area contributed by atoms with Crippen molar-refractivity contribution < 1.29 is 19.2 Å². The average Bonchev–Trinajstić information content (AvgIpc) is 2.89. The van der Waals surface area contributed by atoms with Crippen molar-refractivity contribution in [2.75, 3.05) is 26.3 Å². The number of carbonyl (C=O) groups excluding carboxylic acids is 4. The molecule has 6 N–H and O–H groups in total. The van der Waals surface area contributed by atoms with Gasteiger partial charge in [-0.25, -0.2) is 0 Å². The summed E-state index contributed by atoms with van der Waals surface area (Å²) in [6.07, 6.45) is 4.49. The van der Waals surface area contributed by atoms with E-state index in [1.54, 1.807) is 0 Å². The largest absolute Gasteiger partial charge is 0.356 e. The van der Waals surface area contributed by atoms with E-state index in [0.29, 0.717) is 19.4 Å². The van der Waals surface area contributed by atoms with E-state index in [-0.39, 0.29) is 43.9 Å². The Morgan fingerprint density at radius 1 is 1.12 bits per heavy atom. The van der Waals surface area contributed by atoms with Gasteiger partial charge < -0.3 is 16.8 Å². The summed E-state index contributed by atoms with van der Waals surface area (Å²) in [4.78, 5) is 46.9. The van der Waals surface area contributed by atoms with Crippen LogP contribution in [-0.2, 0) is 19.2 Å². The fourth-order valence-corrected chi connectivity index (χ4v) is 2.32. The van der Waals surface area contributed by atoms with Crippen LogP contribution < -0.4 is 22.1 Å². The molecule has 0 aliphatic carbocycles. The molecule has 9 nitrogen and oxygen atoms in total. The van der Waals surface area contributed by atoms with Gasteiger partial charge in [-0.05, 0) is 19.3 Å². The summed E-state index contributed by atoms with van der Waals surface area (Å²) in [7, 11) is 0. The Morgan fingerprint density at radius 3 is 2.38 bits per heavy atom. The molecule has 0 bridgehead atoms. The van der Waals surface area contributed by atoms with Gasteiger partial charge in [-0.2, -0.15) is 0 Å². The average molecular weight is 339 g/mol. The van der Waals surface area contributed by atoms with Crippen LogP contribution in [0.25, 0.3) is 0 Å². The summed E-state index contributed by atoms with van der Waals surface area (Å²) in [6, 6.07) is -0.351. The van der Waals surface area contributed by atoms with Crippen LogP contribution in [-0.4, -0.2) is 60.7 Å². The number of ketones is 1. The van der Waals surface area contributed by atoms with E-state index in [0.717, 1.165) is 11.3 Å². The Hall–Kier alpha value is -2.10. The molecule has 3 amide bonds. The molecule has 1 aliphatic heterocycles. The van der Waals surface area contributed by atoms with E-state index < -0.39 is 11.8 Å². The Labute approximate surface area is 140 Å². The molecule has 1 rings (SSSR count). The zero-order valence-electron chi connectivity index (χ0n) is 13.6. The molecule has 0 aromatic heterocycles. The Kier molecular flexibility index (Phi) is 8.84. The molecule has 0 saturated carbocycles. The number of nitrogens with two attached hydrogens (primary N) is 2. The van der Waals surface area contributed by atoms with Crippen molar-refractivity contribution in [3.8, 4) is 0 Å². The second kappa shape index (κ2) is 10.6. The number of nitrogens with one attached hydrogen (secondary N) is 2. The molecule has 0 aromatic rings. The van der Waals surface area contributed by atoms with E-state index in [1.807, 2.05) is 0 Å². The van der Waals surface area contributed by atoms with Crippen molar-refractivity contribution >= 4 is 23.5 Å². The van der Waals surface area contributed by atoms with E-state index in [4.69, 9.17) is 11.5 Å². The second-order valence-electron chi connectivity index (χ2n) is 5.39. The lowest BCUT2D eigenvalue weighted by Crippen LogP contribution is -2.42. The van der Waals surface area contributed by atoms with Crippen LogP contribution in [0.3, 0.4) is 0 Å². The fourth-order valence-electron chi connectivity index (χ4n) is 2.32. The Bertz CT molecular complexity index is 488. The quantitative estimate of drug-likeness (QED) is 0.182. The van der Waals surface area contributed by atoms with Crippen molar-refractivity contribution in [3.63, 3.8) is 0 Å². The molecule has 9 heteroatoms. The number of rotatable bonds is 12. The van der Waals surface area contributed by atoms with Gasteiger partial charge in [0.2, 0.25) is 5.91 Å². The molecule has 1 heterocycles.